The van der Waals surface area contributed by atoms with Gasteiger partial charge in [-0.1, -0.05) is 0 Å². The number of carboxylic acids is 2. The van der Waals surface area contributed by atoms with Gasteiger partial charge in [-0.05, 0) is 6.42 Å². The second kappa shape index (κ2) is 11.2. The van der Waals surface area contributed by atoms with Gasteiger partial charge in [0.25, 0.3) is 0 Å². The summed E-state index contributed by atoms with van der Waals surface area (Å²) in [4.78, 5) is 55.6. The highest BCUT2D eigenvalue weighted by Crippen LogP contribution is 1.94. The molecule has 0 aliphatic rings. The molecule has 0 aliphatic heterocycles. The normalized spacial score (nSPS) is 12.6. The Labute approximate surface area is 142 Å². The summed E-state index contributed by atoms with van der Waals surface area (Å²) in [5.41, 5.74) is 5.46. The Morgan fingerprint density at radius 1 is 0.958 bits per heavy atom. The van der Waals surface area contributed by atoms with Gasteiger partial charge in [0, 0.05) is 12.2 Å². The van der Waals surface area contributed by atoms with E-state index in [0.717, 1.165) is 0 Å². The van der Waals surface area contributed by atoms with E-state index in [1.807, 2.05) is 0 Å². The molecule has 0 aromatic rings. The second-order valence-electron chi connectivity index (χ2n) is 4.67. The van der Waals surface area contributed by atoms with E-state index in [2.05, 4.69) is 28.6 Å². The van der Waals surface area contributed by atoms with E-state index in [9.17, 15) is 24.0 Å². The van der Waals surface area contributed by atoms with Crippen LogP contribution in [-0.2, 0) is 24.0 Å². The van der Waals surface area contributed by atoms with Crippen molar-refractivity contribution in [3.63, 3.8) is 0 Å². The van der Waals surface area contributed by atoms with Crippen LogP contribution in [0.3, 0.4) is 0 Å². The number of hydrogen-bond donors (Lipinski definition) is 7. The van der Waals surface area contributed by atoms with Gasteiger partial charge in [-0.2, -0.15) is 12.6 Å². The fourth-order valence-electron chi connectivity index (χ4n) is 1.43. The Morgan fingerprint density at radius 2 is 1.54 bits per heavy atom. The highest BCUT2D eigenvalue weighted by atomic mass is 32.1. The first-order valence-corrected chi connectivity index (χ1v) is 7.45. The van der Waals surface area contributed by atoms with Crippen LogP contribution in [-0.4, -0.2) is 70.8 Å². The van der Waals surface area contributed by atoms with Crippen molar-refractivity contribution in [2.24, 2.45) is 5.73 Å². The monoisotopic (exact) mass is 364 g/mol. The molecule has 0 fully saturated rings. The van der Waals surface area contributed by atoms with Crippen molar-refractivity contribution < 1.29 is 34.2 Å². The van der Waals surface area contributed by atoms with Crippen molar-refractivity contribution in [1.29, 1.82) is 0 Å². The zero-order chi connectivity index (χ0) is 18.7. The zero-order valence-electron chi connectivity index (χ0n) is 12.7. The lowest BCUT2D eigenvalue weighted by atomic mass is 10.1. The van der Waals surface area contributed by atoms with Crippen LogP contribution in [0.2, 0.25) is 0 Å². The first-order valence-electron chi connectivity index (χ1n) is 6.82. The molecule has 0 aliphatic carbocycles. The Morgan fingerprint density at radius 3 is 2.04 bits per heavy atom. The summed E-state index contributed by atoms with van der Waals surface area (Å²) in [7, 11) is 0. The molecular formula is C12H20N4O7S. The van der Waals surface area contributed by atoms with Crippen LogP contribution in [0.1, 0.15) is 12.8 Å². The summed E-state index contributed by atoms with van der Waals surface area (Å²) < 4.78 is 0. The predicted octanol–water partition coefficient (Wildman–Crippen LogP) is -3.09. The van der Waals surface area contributed by atoms with Crippen molar-refractivity contribution in [2.45, 2.75) is 24.9 Å². The average Bonchev–Trinajstić information content (AvgIpc) is 2.52. The van der Waals surface area contributed by atoms with Crippen molar-refractivity contribution in [2.75, 3.05) is 18.8 Å². The third-order valence-corrected chi connectivity index (χ3v) is 3.04. The van der Waals surface area contributed by atoms with Crippen LogP contribution in [0.15, 0.2) is 0 Å². The molecule has 0 saturated carbocycles. The first kappa shape index (κ1) is 21.7. The Hall–Kier alpha value is -2.34. The fraction of sp³-hybridized carbons (Fsp3) is 0.583. The second-order valence-corrected chi connectivity index (χ2v) is 5.04. The summed E-state index contributed by atoms with van der Waals surface area (Å²) in [6.45, 7) is -1.08. The first-order chi connectivity index (χ1) is 11.2. The molecular weight excluding hydrogens is 344 g/mol. The van der Waals surface area contributed by atoms with Gasteiger partial charge in [0.1, 0.15) is 12.6 Å². The molecule has 11 nitrogen and oxygen atoms in total. The Kier molecular flexibility index (Phi) is 10.1. The third-order valence-electron chi connectivity index (χ3n) is 2.68. The molecule has 3 amide bonds. The number of rotatable bonds is 11. The maximum Gasteiger partial charge on any atom is 0.322 e. The summed E-state index contributed by atoms with van der Waals surface area (Å²) in [6.07, 6.45) is -0.369. The van der Waals surface area contributed by atoms with Crippen molar-refractivity contribution >= 4 is 42.3 Å². The number of aliphatic carboxylic acids is 2. The van der Waals surface area contributed by atoms with E-state index in [1.54, 1.807) is 0 Å². The summed E-state index contributed by atoms with van der Waals surface area (Å²) >= 11 is 3.88. The molecule has 24 heavy (non-hydrogen) atoms. The fourth-order valence-corrected chi connectivity index (χ4v) is 1.69. The van der Waals surface area contributed by atoms with Gasteiger partial charge in [0.05, 0.1) is 12.6 Å². The summed E-state index contributed by atoms with van der Waals surface area (Å²) in [5, 5.41) is 23.5. The van der Waals surface area contributed by atoms with Crippen LogP contribution in [0.4, 0.5) is 0 Å². The van der Waals surface area contributed by atoms with E-state index in [0.29, 0.717) is 0 Å². The smallest absolute Gasteiger partial charge is 0.322 e. The van der Waals surface area contributed by atoms with Gasteiger partial charge in [-0.3, -0.25) is 24.0 Å². The van der Waals surface area contributed by atoms with Gasteiger partial charge in [-0.15, -0.1) is 0 Å². The van der Waals surface area contributed by atoms with Gasteiger partial charge in [0.2, 0.25) is 17.7 Å². The average molecular weight is 364 g/mol. The van der Waals surface area contributed by atoms with Crippen LogP contribution in [0, 0.1) is 0 Å². The predicted molar refractivity (Wildman–Crippen MR) is 84.3 cm³/mol. The molecule has 0 spiro atoms. The van der Waals surface area contributed by atoms with Gasteiger partial charge in [-0.25, -0.2) is 0 Å². The number of nitrogens with one attached hydrogen (secondary N) is 3. The number of hydrogen-bond acceptors (Lipinski definition) is 7. The topological polar surface area (TPSA) is 188 Å². The van der Waals surface area contributed by atoms with Crippen LogP contribution in [0.5, 0.6) is 0 Å². The minimum Gasteiger partial charge on any atom is -0.481 e. The molecule has 2 atom stereocenters. The van der Waals surface area contributed by atoms with Crippen molar-refractivity contribution in [3.8, 4) is 0 Å². The van der Waals surface area contributed by atoms with Gasteiger partial charge < -0.3 is 31.9 Å². The van der Waals surface area contributed by atoms with Crippen molar-refractivity contribution in [3.05, 3.63) is 0 Å². The standard InChI is InChI=1S/C12H20N4O7S/c13-6(1-2-9(18)19)11(22)14-3-8(17)16-7(5-24)12(23)15-4-10(20)21/h6-7,24H,1-5,13H2,(H,14,22)(H,15,23)(H,16,17)(H,18,19)(H,20,21). The van der Waals surface area contributed by atoms with Gasteiger partial charge >= 0.3 is 11.9 Å². The van der Waals surface area contributed by atoms with E-state index < -0.39 is 54.8 Å². The molecule has 7 N–H and O–H groups in total. The largest absolute Gasteiger partial charge is 0.481 e. The number of carbonyl (C=O) groups excluding carboxylic acids is 3. The number of carbonyl (C=O) groups is 5. The number of nitrogens with two attached hydrogens (primary N) is 1. The number of thiol groups is 1. The molecule has 0 saturated heterocycles. The number of carboxylic acid groups (broad SMARTS) is 2. The lowest BCUT2D eigenvalue weighted by Crippen LogP contribution is -2.52. The zero-order valence-corrected chi connectivity index (χ0v) is 13.5. The lowest BCUT2D eigenvalue weighted by Gasteiger charge is -2.16. The maximum atomic E-state index is 11.7. The van der Waals surface area contributed by atoms with E-state index in [-0.39, 0.29) is 18.6 Å². The van der Waals surface area contributed by atoms with Crippen LogP contribution >= 0.6 is 12.6 Å². The van der Waals surface area contributed by atoms with E-state index in [1.165, 1.54) is 0 Å². The lowest BCUT2D eigenvalue weighted by molar-refractivity contribution is -0.138. The van der Waals surface area contributed by atoms with Gasteiger partial charge in [0.15, 0.2) is 0 Å². The highest BCUT2D eigenvalue weighted by Gasteiger charge is 2.21. The Bertz CT molecular complexity index is 500. The number of amides is 3. The summed E-state index contributed by atoms with van der Waals surface area (Å²) in [6, 6.07) is -2.15. The molecule has 136 valence electrons. The quantitative estimate of drug-likeness (QED) is 0.188. The minimum atomic E-state index is -1.24. The molecule has 0 heterocycles. The molecule has 0 aromatic heterocycles. The van der Waals surface area contributed by atoms with Crippen LogP contribution in [0.25, 0.3) is 0 Å². The SMILES string of the molecule is NC(CCC(=O)O)C(=O)NCC(=O)NC(CS)C(=O)NCC(=O)O. The molecule has 0 rings (SSSR count). The molecule has 12 heteroatoms. The highest BCUT2D eigenvalue weighted by molar-refractivity contribution is 7.80. The maximum absolute atomic E-state index is 11.7. The van der Waals surface area contributed by atoms with E-state index >= 15 is 0 Å². The molecule has 0 bridgehead atoms. The van der Waals surface area contributed by atoms with Crippen LogP contribution < -0.4 is 21.7 Å². The molecule has 2 unspecified atom stereocenters. The molecule has 0 radical (unpaired) electrons. The molecule has 0 aromatic carbocycles. The van der Waals surface area contributed by atoms with Crippen molar-refractivity contribution in [1.82, 2.24) is 16.0 Å². The Balaban J connectivity index is 4.25. The summed E-state index contributed by atoms with van der Waals surface area (Å²) in [5.74, 6) is -4.56. The minimum absolute atomic E-state index is 0.0801. The van der Waals surface area contributed by atoms with E-state index in [4.69, 9.17) is 15.9 Å². The third kappa shape index (κ3) is 9.63.